The molecule has 0 unspecified atom stereocenters. The molecule has 0 aromatic heterocycles. The Morgan fingerprint density at radius 2 is 0.548 bits per heavy atom. The summed E-state index contributed by atoms with van der Waals surface area (Å²) in [6.07, 6.45) is 0. The molecule has 31 heteroatoms. The Labute approximate surface area is 213 Å². The molecule has 0 atom stereocenters. The van der Waals surface area contributed by atoms with E-state index in [1.807, 2.05) is 0 Å². The number of rotatable bonds is 2. The van der Waals surface area contributed by atoms with Crippen LogP contribution < -0.4 is 0 Å². The summed E-state index contributed by atoms with van der Waals surface area (Å²) in [4.78, 5) is 0. The molecule has 0 spiro atoms. The first-order valence-electron chi connectivity index (χ1n) is 1.35. The number of hydrogen-bond donors (Lipinski definition) is 1. The largest absolute Gasteiger partial charge is 2.00 e. The van der Waals surface area contributed by atoms with Crippen molar-refractivity contribution in [2.24, 2.45) is 0 Å². The Kier molecular flexibility index (Phi) is 1900. The van der Waals surface area contributed by atoms with Gasteiger partial charge in [0.05, 0.1) is 0 Å². The van der Waals surface area contributed by atoms with Crippen LogP contribution in [0, 0.1) is 0 Å². The van der Waals surface area contributed by atoms with Crippen LogP contribution in [0.25, 0.3) is 0 Å². The van der Waals surface area contributed by atoms with Gasteiger partial charge in [-0.25, -0.2) is 8.42 Å². The summed E-state index contributed by atoms with van der Waals surface area (Å²) in [5.74, 6) is 0. The quantitative estimate of drug-likeness (QED) is 0.164. The zero-order valence-electron chi connectivity index (χ0n) is 14.9. The van der Waals surface area contributed by atoms with Crippen molar-refractivity contribution in [3.63, 3.8) is 0 Å². The first-order chi connectivity index (χ1) is 3.71. The summed E-state index contributed by atoms with van der Waals surface area (Å²) in [5, 5.41) is 0. The normalized spacial score (nSPS) is 3.94. The van der Waals surface area contributed by atoms with Gasteiger partial charge >= 0.3 is 59.3 Å². The van der Waals surface area contributed by atoms with Crippen molar-refractivity contribution in [1.29, 1.82) is 0 Å². The Morgan fingerprint density at radius 3 is 0.548 bits per heavy atom. The van der Waals surface area contributed by atoms with Crippen LogP contribution in [-0.4, -0.2) is 190 Å². The second kappa shape index (κ2) is 146. The topological polar surface area (TPSA) is 781 Å². The van der Waals surface area contributed by atoms with Gasteiger partial charge in [-0.3, -0.25) is 4.55 Å². The molecule has 42 N–H and O–H groups in total. The van der Waals surface area contributed by atoms with E-state index >= 15 is 0 Å². The van der Waals surface area contributed by atoms with E-state index in [0.717, 1.165) is 0 Å². The Bertz CT molecular complexity index is 242. The molecule has 31 heavy (non-hydrogen) atoms. The molecule has 0 aliphatic rings. The molecule has 0 saturated carbocycles. The van der Waals surface area contributed by atoms with Gasteiger partial charge in [-0.2, -0.15) is 8.42 Å². The van der Waals surface area contributed by atoms with Gasteiger partial charge in [0.15, 0.2) is 0 Å². The minimum absolute atomic E-state index is 0. The Morgan fingerprint density at radius 1 is 0.452 bits per heavy atom. The average molecular weight is 692 g/mol. The van der Waals surface area contributed by atoms with Gasteiger partial charge in [0, 0.05) is 0 Å². The molecule has 0 saturated heterocycles. The van der Waals surface area contributed by atoms with Crippen LogP contribution in [0.15, 0.2) is 0 Å². The molecule has 0 aliphatic carbocycles. The van der Waals surface area contributed by atoms with Crippen molar-refractivity contribution in [2.75, 3.05) is 0 Å². The van der Waals surface area contributed by atoms with Crippen molar-refractivity contribution in [1.82, 2.24) is 0 Å². The maximum atomic E-state index is 9.40. The molecule has 0 rings (SSSR count). The predicted octanol–water partition coefficient (Wildman–Crippen LogP) is -18.8. The number of hydrogen-bond acceptors (Lipinski definition) is 7. The molecular formula is H42BaO28S2. The summed E-state index contributed by atoms with van der Waals surface area (Å²) in [5.41, 5.74) is 0. The monoisotopic (exact) mass is 692 g/mol. The molecule has 0 fully saturated rings. The summed E-state index contributed by atoms with van der Waals surface area (Å²) in [6.45, 7) is 0. The van der Waals surface area contributed by atoms with Crippen molar-refractivity contribution >= 4 is 69.7 Å². The summed E-state index contributed by atoms with van der Waals surface area (Å²) < 4.78 is 56.9. The molecule has 0 amide bonds. The summed E-state index contributed by atoms with van der Waals surface area (Å²) in [6, 6.07) is 0. The van der Waals surface area contributed by atoms with Crippen LogP contribution in [0.2, 0.25) is 0 Å². The Balaban J connectivity index is -0.00000000139. The van der Waals surface area contributed by atoms with E-state index in [-0.39, 0.29) is 164 Å². The van der Waals surface area contributed by atoms with Gasteiger partial charge in [-0.05, 0) is 0 Å². The first-order valence-corrected chi connectivity index (χ1v) is 4.05. The van der Waals surface area contributed by atoms with Crippen LogP contribution in [0.1, 0.15) is 0 Å². The van der Waals surface area contributed by atoms with Crippen molar-refractivity contribution in [3.8, 4) is 0 Å². The van der Waals surface area contributed by atoms with Crippen LogP contribution in [0.3, 0.4) is 0 Å². The van der Waals surface area contributed by atoms with E-state index in [1.165, 1.54) is 0 Å². The third kappa shape index (κ3) is 585. The van der Waals surface area contributed by atoms with Gasteiger partial charge in [0.1, 0.15) is 0 Å². The van der Waals surface area contributed by atoms with E-state index < -0.39 is 20.8 Å². The van der Waals surface area contributed by atoms with Crippen molar-refractivity contribution in [3.05, 3.63) is 0 Å². The fourth-order valence-electron chi connectivity index (χ4n) is 0.105. The van der Waals surface area contributed by atoms with Crippen LogP contribution in [-0.2, 0) is 24.4 Å². The van der Waals surface area contributed by atoms with Gasteiger partial charge in [0.25, 0.3) is 0 Å². The smallest absolute Gasteiger partial charge is 0.870 e. The third-order valence-corrected chi connectivity index (χ3v) is 1.52. The minimum Gasteiger partial charge on any atom is -0.870 e. The zero-order chi connectivity index (χ0) is 7.71. The van der Waals surface area contributed by atoms with E-state index in [9.17, 15) is 21.4 Å². The van der Waals surface area contributed by atoms with E-state index in [0.29, 0.717) is 0 Å². The molecule has 0 heterocycles. The SMILES string of the molecule is O.O.O.O.O.O.O.O.O.O.O.O.O.O.O.O.O.O.O.O.O=S(=O)([O-])OS(=O)(=O)O.[Ba+2].[OH-]. The Hall–Kier alpha value is 0.511. The van der Waals surface area contributed by atoms with E-state index in [2.05, 4.69) is 3.63 Å². The van der Waals surface area contributed by atoms with Gasteiger partial charge in [0.2, 0.25) is 10.4 Å². The predicted molar refractivity (Wildman–Crippen MR) is 102 cm³/mol. The van der Waals surface area contributed by atoms with Crippen LogP contribution in [0.5, 0.6) is 0 Å². The van der Waals surface area contributed by atoms with Crippen LogP contribution in [0.4, 0.5) is 0 Å². The second-order valence-electron chi connectivity index (χ2n) is 0.904. The fourth-order valence-corrected chi connectivity index (χ4v) is 0.948. The molecular weight excluding hydrogens is 649 g/mol. The zero-order valence-corrected chi connectivity index (χ0v) is 20.9. The van der Waals surface area contributed by atoms with Crippen LogP contribution >= 0.6 is 0 Å². The first kappa shape index (κ1) is 405. The van der Waals surface area contributed by atoms with Crippen molar-refractivity contribution in [2.45, 2.75) is 0 Å². The van der Waals surface area contributed by atoms with E-state index in [4.69, 9.17) is 4.55 Å². The maximum Gasteiger partial charge on any atom is 2.00 e. The molecule has 0 aliphatic heterocycles. The standard InChI is InChI=1S/Ba.H2O7S2.21H2O/c;1-8(2,3)7-9(4,5)6;;;;;;;;;;;;;;;;;;;;;/h;(H,1,2,3)(H,4,5,6);21*1H2/q+2;;;;;;;;;;;;;;;;;;;;;;/p-2. The average Bonchev–Trinajstić information content (AvgIpc) is 1.14. The van der Waals surface area contributed by atoms with Crippen molar-refractivity contribution < 1.29 is 145 Å². The molecule has 0 aromatic carbocycles. The van der Waals surface area contributed by atoms with Gasteiger partial charge < -0.3 is 120 Å². The van der Waals surface area contributed by atoms with Gasteiger partial charge in [-0.1, -0.05) is 0 Å². The minimum atomic E-state index is -5.37. The van der Waals surface area contributed by atoms with Gasteiger partial charge in [-0.15, -0.1) is 3.63 Å². The third-order valence-electron chi connectivity index (χ3n) is 0.169. The molecule has 28 nitrogen and oxygen atoms in total. The summed E-state index contributed by atoms with van der Waals surface area (Å²) in [7, 11) is -10.6. The molecule has 224 valence electrons. The summed E-state index contributed by atoms with van der Waals surface area (Å²) >= 11 is 0. The fraction of sp³-hybridized carbons (Fsp3) is 0. The molecule has 0 bridgehead atoms. The molecule has 0 aromatic rings. The maximum absolute atomic E-state index is 9.40. The van der Waals surface area contributed by atoms with E-state index in [1.54, 1.807) is 0 Å². The second-order valence-corrected chi connectivity index (χ2v) is 3.12. The molecule has 0 radical (unpaired) electrons.